The van der Waals surface area contributed by atoms with Gasteiger partial charge in [0.05, 0.1) is 17.6 Å². The molecule has 0 radical (unpaired) electrons. The van der Waals surface area contributed by atoms with Crippen LogP contribution in [0.4, 0.5) is 5.69 Å². The van der Waals surface area contributed by atoms with E-state index in [4.69, 9.17) is 9.47 Å². The van der Waals surface area contributed by atoms with Crippen molar-refractivity contribution < 1.29 is 19.2 Å². The number of nitro groups is 1. The molecule has 6 heteroatoms. The Kier molecular flexibility index (Phi) is 4.03. The zero-order chi connectivity index (χ0) is 19.2. The Bertz CT molecular complexity index is 892. The van der Waals surface area contributed by atoms with E-state index in [0.717, 1.165) is 17.7 Å². The molecule has 140 valence electrons. The van der Waals surface area contributed by atoms with E-state index in [2.05, 4.69) is 0 Å². The summed E-state index contributed by atoms with van der Waals surface area (Å²) >= 11 is 0. The number of carbonyl (C=O) groups excluding carboxylic acids is 1. The normalized spacial score (nSPS) is 29.6. The van der Waals surface area contributed by atoms with Crippen LogP contribution < -0.4 is 4.74 Å². The second kappa shape index (κ2) is 6.16. The molecule has 6 nitrogen and oxygen atoms in total. The highest BCUT2D eigenvalue weighted by molar-refractivity contribution is 5.91. The maximum Gasteiger partial charge on any atom is 0.269 e. The van der Waals surface area contributed by atoms with Gasteiger partial charge >= 0.3 is 0 Å². The third-order valence-electron chi connectivity index (χ3n) is 5.85. The topological polar surface area (TPSA) is 78.7 Å². The molecule has 4 rings (SSSR count). The number of non-ortho nitro benzene ring substituents is 1. The van der Waals surface area contributed by atoms with Gasteiger partial charge in [-0.2, -0.15) is 0 Å². The van der Waals surface area contributed by atoms with Crippen molar-refractivity contribution >= 4 is 11.5 Å². The second-order valence-electron chi connectivity index (χ2n) is 7.54. The summed E-state index contributed by atoms with van der Waals surface area (Å²) in [6.07, 6.45) is 1.86. The number of benzene rings is 2. The summed E-state index contributed by atoms with van der Waals surface area (Å²) in [6, 6.07) is 13.9. The van der Waals surface area contributed by atoms with E-state index in [1.807, 2.05) is 31.2 Å². The molecule has 2 aromatic carbocycles. The van der Waals surface area contributed by atoms with Crippen molar-refractivity contribution in [2.75, 3.05) is 7.11 Å². The number of hydrogen-bond acceptors (Lipinski definition) is 5. The number of Topliss-reactive ketones (excluding diaryl/α,β-unsaturated/α-hetero) is 1. The molecule has 0 amide bonds. The quantitative estimate of drug-likeness (QED) is 0.600. The monoisotopic (exact) mass is 367 g/mol. The van der Waals surface area contributed by atoms with Crippen molar-refractivity contribution in [1.29, 1.82) is 0 Å². The lowest BCUT2D eigenvalue weighted by molar-refractivity contribution is -0.384. The third-order valence-corrected chi connectivity index (χ3v) is 5.85. The Labute approximate surface area is 157 Å². The number of nitrogens with zero attached hydrogens (tertiary/aromatic N) is 1. The number of rotatable bonds is 4. The third kappa shape index (κ3) is 2.72. The van der Waals surface area contributed by atoms with Gasteiger partial charge < -0.3 is 9.47 Å². The number of ketones is 1. The van der Waals surface area contributed by atoms with Crippen molar-refractivity contribution in [3.05, 3.63) is 69.8 Å². The highest BCUT2D eigenvalue weighted by Crippen LogP contribution is 2.59. The average Bonchev–Trinajstić information content (AvgIpc) is 2.96. The predicted octanol–water partition coefficient (Wildman–Crippen LogP) is 4.12. The minimum atomic E-state index is -1.10. The largest absolute Gasteiger partial charge is 0.497 e. The van der Waals surface area contributed by atoms with Gasteiger partial charge in [-0.05, 0) is 55.2 Å². The van der Waals surface area contributed by atoms with Crippen LogP contribution in [0.5, 0.6) is 5.75 Å². The van der Waals surface area contributed by atoms with Gasteiger partial charge in [0.25, 0.3) is 5.69 Å². The van der Waals surface area contributed by atoms with E-state index < -0.39 is 10.5 Å². The van der Waals surface area contributed by atoms with E-state index in [1.54, 1.807) is 19.2 Å². The van der Waals surface area contributed by atoms with Gasteiger partial charge in [0, 0.05) is 24.5 Å². The van der Waals surface area contributed by atoms with Crippen LogP contribution >= 0.6 is 0 Å². The lowest BCUT2D eigenvalue weighted by atomic mass is 9.74. The Morgan fingerprint density at radius 3 is 2.41 bits per heavy atom. The number of carbonyl (C=O) groups is 1. The van der Waals surface area contributed by atoms with Crippen molar-refractivity contribution in [3.8, 4) is 5.75 Å². The van der Waals surface area contributed by atoms with Gasteiger partial charge in [-0.15, -0.1) is 0 Å². The molecule has 2 saturated heterocycles. The predicted molar refractivity (Wildman–Crippen MR) is 98.9 cm³/mol. The van der Waals surface area contributed by atoms with Gasteiger partial charge in [0.2, 0.25) is 0 Å². The lowest BCUT2D eigenvalue weighted by Crippen LogP contribution is -2.45. The molecule has 2 aliphatic heterocycles. The molecule has 0 N–H and O–H groups in total. The first-order valence-corrected chi connectivity index (χ1v) is 9.00. The van der Waals surface area contributed by atoms with Gasteiger partial charge in [0.1, 0.15) is 5.75 Å². The zero-order valence-corrected chi connectivity index (χ0v) is 15.3. The standard InChI is InChI=1S/C21H21NO5/c1-20-12-11-19(23)21(27-20,15-5-7-16(8-6-15)22(24)25)18(13-20)14-3-9-17(26-2)10-4-14/h3-10,18H,11-13H2,1-2H3. The Hall–Kier alpha value is -2.73. The first-order valence-electron chi connectivity index (χ1n) is 9.00. The van der Waals surface area contributed by atoms with Crippen LogP contribution in [-0.2, 0) is 15.1 Å². The Morgan fingerprint density at radius 1 is 1.15 bits per heavy atom. The fourth-order valence-corrected chi connectivity index (χ4v) is 4.49. The maximum atomic E-state index is 13.2. The highest BCUT2D eigenvalue weighted by Gasteiger charge is 2.62. The molecule has 2 fully saturated rings. The fourth-order valence-electron chi connectivity index (χ4n) is 4.49. The van der Waals surface area contributed by atoms with Crippen LogP contribution in [0.15, 0.2) is 48.5 Å². The molecule has 0 spiro atoms. The summed E-state index contributed by atoms with van der Waals surface area (Å²) in [5.74, 6) is 0.638. The van der Waals surface area contributed by atoms with Crippen LogP contribution in [0, 0.1) is 10.1 Å². The van der Waals surface area contributed by atoms with Crippen LogP contribution in [0.25, 0.3) is 0 Å². The first-order chi connectivity index (χ1) is 12.9. The number of hydrogen-bond donors (Lipinski definition) is 0. The van der Waals surface area contributed by atoms with E-state index in [-0.39, 0.29) is 23.0 Å². The Morgan fingerprint density at radius 2 is 1.81 bits per heavy atom. The summed E-state index contributed by atoms with van der Waals surface area (Å²) in [6.45, 7) is 2.04. The molecular weight excluding hydrogens is 346 g/mol. The van der Waals surface area contributed by atoms with Gasteiger partial charge in [0.15, 0.2) is 11.4 Å². The Balaban J connectivity index is 1.83. The molecular formula is C21H21NO5. The fraction of sp³-hybridized carbons (Fsp3) is 0.381. The molecule has 0 saturated carbocycles. The SMILES string of the molecule is COc1ccc(C2CC3(C)CCC(=O)C2(c2ccc([N+](=O)[O-])cc2)O3)cc1. The summed E-state index contributed by atoms with van der Waals surface area (Å²) in [4.78, 5) is 23.7. The minimum Gasteiger partial charge on any atom is -0.497 e. The van der Waals surface area contributed by atoms with Crippen LogP contribution in [-0.4, -0.2) is 23.4 Å². The molecule has 3 atom stereocenters. The van der Waals surface area contributed by atoms with Crippen molar-refractivity contribution in [1.82, 2.24) is 0 Å². The maximum absolute atomic E-state index is 13.2. The van der Waals surface area contributed by atoms with Crippen LogP contribution in [0.1, 0.15) is 43.2 Å². The molecule has 0 aromatic heterocycles. The smallest absolute Gasteiger partial charge is 0.269 e. The summed E-state index contributed by atoms with van der Waals surface area (Å²) in [7, 11) is 1.61. The summed E-state index contributed by atoms with van der Waals surface area (Å²) in [5.41, 5.74) is 0.201. The number of methoxy groups -OCH3 is 1. The van der Waals surface area contributed by atoms with Crippen molar-refractivity contribution in [3.63, 3.8) is 0 Å². The van der Waals surface area contributed by atoms with Crippen LogP contribution in [0.2, 0.25) is 0 Å². The molecule has 2 aromatic rings. The van der Waals surface area contributed by atoms with E-state index in [1.165, 1.54) is 12.1 Å². The molecule has 2 aliphatic rings. The van der Waals surface area contributed by atoms with E-state index in [0.29, 0.717) is 18.4 Å². The average molecular weight is 367 g/mol. The van der Waals surface area contributed by atoms with Crippen molar-refractivity contribution in [2.45, 2.75) is 43.3 Å². The number of nitro benzene ring substituents is 1. The van der Waals surface area contributed by atoms with Gasteiger partial charge in [-0.1, -0.05) is 12.1 Å². The number of fused-ring (bicyclic) bond motifs is 2. The molecule has 0 aliphatic carbocycles. The summed E-state index contributed by atoms with van der Waals surface area (Å²) < 4.78 is 11.7. The molecule has 2 bridgehead atoms. The first kappa shape index (κ1) is 17.7. The lowest BCUT2D eigenvalue weighted by Gasteiger charge is -2.39. The highest BCUT2D eigenvalue weighted by atomic mass is 16.6. The van der Waals surface area contributed by atoms with E-state index >= 15 is 0 Å². The molecule has 2 heterocycles. The van der Waals surface area contributed by atoms with Crippen LogP contribution in [0.3, 0.4) is 0 Å². The van der Waals surface area contributed by atoms with Crippen molar-refractivity contribution in [2.24, 2.45) is 0 Å². The summed E-state index contributed by atoms with van der Waals surface area (Å²) in [5, 5.41) is 11.0. The molecule has 3 unspecified atom stereocenters. The number of ether oxygens (including phenoxy) is 2. The minimum absolute atomic E-state index is 0.000152. The zero-order valence-electron chi connectivity index (χ0n) is 15.3. The van der Waals surface area contributed by atoms with Gasteiger partial charge in [-0.25, -0.2) is 0 Å². The second-order valence-corrected chi connectivity index (χ2v) is 7.54. The molecule has 27 heavy (non-hydrogen) atoms. The van der Waals surface area contributed by atoms with E-state index in [9.17, 15) is 14.9 Å². The van der Waals surface area contributed by atoms with Gasteiger partial charge in [-0.3, -0.25) is 14.9 Å².